The third kappa shape index (κ3) is 6.37. The topological polar surface area (TPSA) is 88.2 Å². The summed E-state index contributed by atoms with van der Waals surface area (Å²) >= 11 is 0. The van der Waals surface area contributed by atoms with Crippen molar-refractivity contribution in [2.24, 2.45) is 0 Å². The van der Waals surface area contributed by atoms with E-state index in [0.717, 1.165) is 35.8 Å². The van der Waals surface area contributed by atoms with Crippen LogP contribution in [-0.4, -0.2) is 59.3 Å². The van der Waals surface area contributed by atoms with Crippen LogP contribution in [0.25, 0.3) is 0 Å². The molecular formula is C23H31N3O5S. The van der Waals surface area contributed by atoms with Gasteiger partial charge in [0.2, 0.25) is 15.9 Å². The molecule has 2 aromatic rings. The lowest BCUT2D eigenvalue weighted by atomic mass is 10.1. The normalized spacial score (nSPS) is 14.2. The van der Waals surface area contributed by atoms with Gasteiger partial charge in [-0.2, -0.15) is 0 Å². The quantitative estimate of drug-likeness (QED) is 0.585. The molecule has 0 bridgehead atoms. The molecule has 0 saturated carbocycles. The van der Waals surface area contributed by atoms with Crippen molar-refractivity contribution in [1.82, 2.24) is 10.2 Å². The van der Waals surface area contributed by atoms with Gasteiger partial charge in [-0.15, -0.1) is 0 Å². The van der Waals surface area contributed by atoms with E-state index in [2.05, 4.69) is 22.3 Å². The predicted octanol–water partition coefficient (Wildman–Crippen LogP) is 2.38. The number of sulfonamides is 1. The molecular weight excluding hydrogens is 430 g/mol. The van der Waals surface area contributed by atoms with Gasteiger partial charge in [0.25, 0.3) is 0 Å². The molecule has 0 aromatic heterocycles. The number of hydrogen-bond acceptors (Lipinski definition) is 6. The number of anilines is 1. The third-order valence-electron chi connectivity index (χ3n) is 5.43. The van der Waals surface area contributed by atoms with Crippen LogP contribution in [0.4, 0.5) is 5.69 Å². The Morgan fingerprint density at radius 2 is 1.78 bits per heavy atom. The molecule has 0 aliphatic carbocycles. The first kappa shape index (κ1) is 23.9. The Morgan fingerprint density at radius 1 is 1.06 bits per heavy atom. The van der Waals surface area contributed by atoms with E-state index in [1.165, 1.54) is 32.6 Å². The van der Waals surface area contributed by atoms with Gasteiger partial charge in [-0.05, 0) is 49.2 Å². The zero-order valence-electron chi connectivity index (χ0n) is 18.8. The first-order chi connectivity index (χ1) is 15.3. The Hall–Kier alpha value is -2.78. The SMILES string of the molecule is COc1ccc(N(CC(=O)NCc2cccc(CN3CCCC3)c2)S(C)(=O)=O)c(OC)c1. The predicted molar refractivity (Wildman–Crippen MR) is 125 cm³/mol. The Balaban J connectivity index is 1.66. The van der Waals surface area contributed by atoms with E-state index in [0.29, 0.717) is 18.0 Å². The van der Waals surface area contributed by atoms with Crippen LogP contribution in [0.1, 0.15) is 24.0 Å². The van der Waals surface area contributed by atoms with Crippen molar-refractivity contribution in [2.45, 2.75) is 25.9 Å². The lowest BCUT2D eigenvalue weighted by Crippen LogP contribution is -2.40. The molecule has 1 amide bonds. The number of carbonyl (C=O) groups is 1. The van der Waals surface area contributed by atoms with E-state index in [4.69, 9.17) is 9.47 Å². The summed E-state index contributed by atoms with van der Waals surface area (Å²) in [6.07, 6.45) is 3.54. The van der Waals surface area contributed by atoms with E-state index in [9.17, 15) is 13.2 Å². The van der Waals surface area contributed by atoms with Crippen LogP contribution < -0.4 is 19.1 Å². The van der Waals surface area contributed by atoms with E-state index in [-0.39, 0.29) is 12.2 Å². The van der Waals surface area contributed by atoms with Gasteiger partial charge in [-0.1, -0.05) is 24.3 Å². The Kier molecular flexibility index (Phi) is 7.98. The second kappa shape index (κ2) is 10.7. The summed E-state index contributed by atoms with van der Waals surface area (Å²) < 4.78 is 36.4. The monoisotopic (exact) mass is 461 g/mol. The highest BCUT2D eigenvalue weighted by molar-refractivity contribution is 7.92. The lowest BCUT2D eigenvalue weighted by Gasteiger charge is -2.24. The minimum Gasteiger partial charge on any atom is -0.497 e. The second-order valence-corrected chi connectivity index (χ2v) is 9.79. The summed E-state index contributed by atoms with van der Waals surface area (Å²) in [5.41, 5.74) is 2.46. The van der Waals surface area contributed by atoms with Crippen LogP contribution in [0.15, 0.2) is 42.5 Å². The van der Waals surface area contributed by atoms with Crippen LogP contribution in [0.2, 0.25) is 0 Å². The van der Waals surface area contributed by atoms with E-state index in [1.54, 1.807) is 18.2 Å². The second-order valence-electron chi connectivity index (χ2n) is 7.89. The zero-order chi connectivity index (χ0) is 23.1. The van der Waals surface area contributed by atoms with Crippen molar-refractivity contribution in [3.8, 4) is 11.5 Å². The van der Waals surface area contributed by atoms with Crippen molar-refractivity contribution in [3.63, 3.8) is 0 Å². The molecule has 1 N–H and O–H groups in total. The molecule has 0 spiro atoms. The fraction of sp³-hybridized carbons (Fsp3) is 0.435. The maximum Gasteiger partial charge on any atom is 0.241 e. The summed E-state index contributed by atoms with van der Waals surface area (Å²) in [4.78, 5) is 15.1. The van der Waals surface area contributed by atoms with Crippen LogP contribution in [0, 0.1) is 0 Å². The van der Waals surface area contributed by atoms with Gasteiger partial charge in [-0.3, -0.25) is 14.0 Å². The maximum atomic E-state index is 12.6. The highest BCUT2D eigenvalue weighted by atomic mass is 32.2. The number of nitrogens with one attached hydrogen (secondary N) is 1. The number of benzene rings is 2. The molecule has 0 atom stereocenters. The summed E-state index contributed by atoms with van der Waals surface area (Å²) in [6.45, 7) is 3.12. The number of likely N-dealkylation sites (tertiary alicyclic amines) is 1. The van der Waals surface area contributed by atoms with E-state index in [1.807, 2.05) is 12.1 Å². The van der Waals surface area contributed by atoms with Gasteiger partial charge >= 0.3 is 0 Å². The molecule has 1 aliphatic rings. The molecule has 0 unspecified atom stereocenters. The molecule has 0 radical (unpaired) electrons. The minimum atomic E-state index is -3.72. The van der Waals surface area contributed by atoms with Crippen molar-refractivity contribution in [2.75, 3.05) is 44.4 Å². The number of ether oxygens (including phenoxy) is 2. The van der Waals surface area contributed by atoms with Gasteiger partial charge in [0, 0.05) is 19.2 Å². The van der Waals surface area contributed by atoms with E-state index < -0.39 is 15.9 Å². The number of rotatable bonds is 10. The summed E-state index contributed by atoms with van der Waals surface area (Å²) in [5, 5.41) is 2.83. The van der Waals surface area contributed by atoms with Crippen molar-refractivity contribution in [1.29, 1.82) is 0 Å². The maximum absolute atomic E-state index is 12.6. The van der Waals surface area contributed by atoms with Gasteiger partial charge in [0.05, 0.1) is 26.2 Å². The Labute approximate surface area is 190 Å². The largest absolute Gasteiger partial charge is 0.497 e. The Bertz CT molecular complexity index is 1040. The summed E-state index contributed by atoms with van der Waals surface area (Å²) in [5.74, 6) is 0.424. The number of hydrogen-bond donors (Lipinski definition) is 1. The van der Waals surface area contributed by atoms with Crippen molar-refractivity contribution >= 4 is 21.6 Å². The average Bonchev–Trinajstić information content (AvgIpc) is 3.28. The zero-order valence-corrected chi connectivity index (χ0v) is 19.7. The molecule has 1 aliphatic heterocycles. The molecule has 9 heteroatoms. The molecule has 3 rings (SSSR count). The van der Waals surface area contributed by atoms with Crippen molar-refractivity contribution in [3.05, 3.63) is 53.6 Å². The number of methoxy groups -OCH3 is 2. The molecule has 1 fully saturated rings. The first-order valence-electron chi connectivity index (χ1n) is 10.6. The molecule has 174 valence electrons. The lowest BCUT2D eigenvalue weighted by molar-refractivity contribution is -0.119. The van der Waals surface area contributed by atoms with Crippen molar-refractivity contribution < 1.29 is 22.7 Å². The van der Waals surface area contributed by atoms with Crippen LogP contribution in [0.5, 0.6) is 11.5 Å². The summed E-state index contributed by atoms with van der Waals surface area (Å²) in [6, 6.07) is 12.9. The van der Waals surface area contributed by atoms with Gasteiger partial charge in [-0.25, -0.2) is 8.42 Å². The molecule has 8 nitrogen and oxygen atoms in total. The fourth-order valence-corrected chi connectivity index (χ4v) is 4.66. The van der Waals surface area contributed by atoms with Crippen LogP contribution >= 0.6 is 0 Å². The summed E-state index contributed by atoms with van der Waals surface area (Å²) in [7, 11) is -0.773. The first-order valence-corrected chi connectivity index (χ1v) is 12.4. The standard InChI is InChI=1S/C23H31N3O5S/c1-30-20-9-10-21(22(14-20)31-2)26(32(3,28)29)17-23(27)24-15-18-7-6-8-19(13-18)16-25-11-4-5-12-25/h6-10,13-14H,4-5,11-12,15-17H2,1-3H3,(H,24,27). The number of nitrogens with zero attached hydrogens (tertiary/aromatic N) is 2. The minimum absolute atomic E-state index is 0.276. The number of amides is 1. The van der Waals surface area contributed by atoms with Crippen LogP contribution in [0.3, 0.4) is 0 Å². The smallest absolute Gasteiger partial charge is 0.241 e. The fourth-order valence-electron chi connectivity index (χ4n) is 3.80. The molecule has 2 aromatic carbocycles. The molecule has 32 heavy (non-hydrogen) atoms. The van der Waals surface area contributed by atoms with Gasteiger partial charge in [0.15, 0.2) is 0 Å². The van der Waals surface area contributed by atoms with Gasteiger partial charge in [0.1, 0.15) is 18.0 Å². The Morgan fingerprint density at radius 3 is 2.44 bits per heavy atom. The molecule has 1 saturated heterocycles. The highest BCUT2D eigenvalue weighted by Gasteiger charge is 2.24. The van der Waals surface area contributed by atoms with E-state index >= 15 is 0 Å². The molecule has 1 heterocycles. The van der Waals surface area contributed by atoms with Crippen LogP contribution in [-0.2, 0) is 27.9 Å². The number of carbonyl (C=O) groups excluding carboxylic acids is 1. The highest BCUT2D eigenvalue weighted by Crippen LogP contribution is 2.33. The average molecular weight is 462 g/mol. The third-order valence-corrected chi connectivity index (χ3v) is 6.56. The van der Waals surface area contributed by atoms with Gasteiger partial charge < -0.3 is 14.8 Å².